The van der Waals surface area contributed by atoms with Crippen molar-refractivity contribution in [2.45, 2.75) is 43.9 Å². The maximum absolute atomic E-state index is 13.9. The molecule has 0 spiro atoms. The van der Waals surface area contributed by atoms with E-state index in [1.807, 2.05) is 66.9 Å². The first-order valence-electron chi connectivity index (χ1n) is 14.4. The quantitative estimate of drug-likeness (QED) is 0.129. The first kappa shape index (κ1) is 34.0. The minimum Gasteiger partial charge on any atom is -0.457 e. The summed E-state index contributed by atoms with van der Waals surface area (Å²) in [6, 6.07) is 17.7. The zero-order chi connectivity index (χ0) is 33.7. The number of aromatic nitrogens is 1. The van der Waals surface area contributed by atoms with Gasteiger partial charge in [-0.2, -0.15) is 0 Å². The number of nitrogens with two attached hydrogens (primary N) is 1. The molecule has 12 nitrogen and oxygen atoms in total. The van der Waals surface area contributed by atoms with Gasteiger partial charge in [0.05, 0.1) is 0 Å². The standard InChI is InChI=1S/C32H33N5O7S3/c1-32(2,3)44-22(38)15-42-36-23(20-16-47-31(33)34-20)27(39)35-24-28(40)37-25(21(45-4)17-46-29(24)37)30(41)43-26(18-11-7-5-8-12-18)19-13-9-6-10-14-19/h5-14,16,24,26,29H,15,17H2,1-4H3,(H2,33,34)(H,35,39)/t24?,29-/m0/s1. The van der Waals surface area contributed by atoms with Crippen molar-refractivity contribution in [1.82, 2.24) is 15.2 Å². The number of carbonyl (C=O) groups is 4. The number of thioether (sulfide) groups is 2. The van der Waals surface area contributed by atoms with E-state index in [-0.39, 0.29) is 22.2 Å². The van der Waals surface area contributed by atoms with Gasteiger partial charge in [-0.25, -0.2) is 14.6 Å². The molecule has 3 heterocycles. The zero-order valence-electron chi connectivity index (χ0n) is 26.0. The number of rotatable bonds is 11. The Labute approximate surface area is 284 Å². The summed E-state index contributed by atoms with van der Waals surface area (Å²) in [7, 11) is 0. The molecular formula is C32H33N5O7S3. The van der Waals surface area contributed by atoms with Crippen LogP contribution in [0.4, 0.5) is 5.13 Å². The van der Waals surface area contributed by atoms with Crippen LogP contribution in [-0.2, 0) is 33.5 Å². The minimum atomic E-state index is -0.982. The number of nitrogens with zero attached hydrogens (tertiary/aromatic N) is 3. The number of β-lactam (4-membered cyclic amide) rings is 1. The van der Waals surface area contributed by atoms with Crippen LogP contribution >= 0.6 is 34.9 Å². The molecule has 1 saturated heterocycles. The lowest BCUT2D eigenvalue weighted by Crippen LogP contribution is -2.71. The van der Waals surface area contributed by atoms with E-state index in [9.17, 15) is 19.2 Å². The van der Waals surface area contributed by atoms with Crippen LogP contribution in [0.1, 0.15) is 43.7 Å². The van der Waals surface area contributed by atoms with Gasteiger partial charge in [-0.1, -0.05) is 65.8 Å². The molecule has 0 bridgehead atoms. The lowest BCUT2D eigenvalue weighted by molar-refractivity contribution is -0.160. The lowest BCUT2D eigenvalue weighted by atomic mass is 10.0. The molecule has 0 aliphatic carbocycles. The normalized spacial score (nSPS) is 17.9. The molecule has 2 aliphatic heterocycles. The van der Waals surface area contributed by atoms with E-state index in [1.165, 1.54) is 33.8 Å². The van der Waals surface area contributed by atoms with E-state index in [1.54, 1.807) is 20.8 Å². The Morgan fingerprint density at radius 1 is 1.11 bits per heavy atom. The number of oxime groups is 1. The topological polar surface area (TPSA) is 163 Å². The molecule has 1 fully saturated rings. The van der Waals surface area contributed by atoms with Gasteiger partial charge in [0.25, 0.3) is 11.8 Å². The molecule has 47 heavy (non-hydrogen) atoms. The first-order chi connectivity index (χ1) is 22.5. The van der Waals surface area contributed by atoms with Crippen LogP contribution in [0, 0.1) is 0 Å². The highest BCUT2D eigenvalue weighted by molar-refractivity contribution is 8.05. The molecule has 3 aromatic rings. The second-order valence-electron chi connectivity index (χ2n) is 11.3. The van der Waals surface area contributed by atoms with E-state index in [4.69, 9.17) is 20.0 Å². The number of carbonyl (C=O) groups excluding carboxylic acids is 4. The summed E-state index contributed by atoms with van der Waals surface area (Å²) in [5, 5.41) is 7.66. The highest BCUT2D eigenvalue weighted by Crippen LogP contribution is 2.44. The molecule has 2 aliphatic rings. The number of hydrogen-bond acceptors (Lipinski definition) is 13. The van der Waals surface area contributed by atoms with Crippen molar-refractivity contribution in [1.29, 1.82) is 0 Å². The molecule has 2 aromatic carbocycles. The fourth-order valence-corrected chi connectivity index (χ4v) is 7.61. The van der Waals surface area contributed by atoms with E-state index < -0.39 is 53.5 Å². The van der Waals surface area contributed by atoms with Crippen LogP contribution in [-0.4, -0.2) is 75.0 Å². The zero-order valence-corrected chi connectivity index (χ0v) is 28.4. The molecule has 0 radical (unpaired) electrons. The Morgan fingerprint density at radius 2 is 1.74 bits per heavy atom. The molecule has 246 valence electrons. The average molecular weight is 696 g/mol. The van der Waals surface area contributed by atoms with Crippen LogP contribution in [0.2, 0.25) is 0 Å². The predicted octanol–water partition coefficient (Wildman–Crippen LogP) is 4.10. The number of ether oxygens (including phenoxy) is 2. The monoisotopic (exact) mass is 695 g/mol. The van der Waals surface area contributed by atoms with Gasteiger partial charge in [0, 0.05) is 16.0 Å². The third-order valence-corrected chi connectivity index (χ3v) is 9.79. The third kappa shape index (κ3) is 7.97. The maximum atomic E-state index is 13.9. The van der Waals surface area contributed by atoms with Gasteiger partial charge in [-0.05, 0) is 38.2 Å². The molecule has 1 unspecified atom stereocenters. The highest BCUT2D eigenvalue weighted by atomic mass is 32.2. The molecule has 1 aromatic heterocycles. The van der Waals surface area contributed by atoms with Crippen LogP contribution in [0.5, 0.6) is 0 Å². The summed E-state index contributed by atoms with van der Waals surface area (Å²) in [5.74, 6) is -2.16. The molecule has 3 N–H and O–H groups in total. The van der Waals surface area contributed by atoms with Gasteiger partial charge in [0.1, 0.15) is 28.4 Å². The van der Waals surface area contributed by atoms with Crippen molar-refractivity contribution in [3.05, 3.63) is 93.5 Å². The summed E-state index contributed by atoms with van der Waals surface area (Å²) in [4.78, 5) is 64.4. The number of hydrogen-bond donors (Lipinski definition) is 2. The van der Waals surface area contributed by atoms with E-state index in [0.29, 0.717) is 10.7 Å². The van der Waals surface area contributed by atoms with Crippen LogP contribution < -0.4 is 11.1 Å². The maximum Gasteiger partial charge on any atom is 0.356 e. The predicted molar refractivity (Wildman–Crippen MR) is 181 cm³/mol. The summed E-state index contributed by atoms with van der Waals surface area (Å²) >= 11 is 3.85. The van der Waals surface area contributed by atoms with Gasteiger partial charge >= 0.3 is 11.9 Å². The van der Waals surface area contributed by atoms with Crippen molar-refractivity contribution < 1.29 is 33.5 Å². The largest absolute Gasteiger partial charge is 0.457 e. The smallest absolute Gasteiger partial charge is 0.356 e. The van der Waals surface area contributed by atoms with Crippen molar-refractivity contribution in [3.8, 4) is 0 Å². The molecule has 2 amide bonds. The van der Waals surface area contributed by atoms with Gasteiger partial charge < -0.3 is 25.4 Å². The van der Waals surface area contributed by atoms with Crippen LogP contribution in [0.25, 0.3) is 0 Å². The summed E-state index contributed by atoms with van der Waals surface area (Å²) < 4.78 is 11.3. The van der Waals surface area contributed by atoms with Crippen LogP contribution in [0.3, 0.4) is 0 Å². The Kier molecular flexibility index (Phi) is 10.6. The van der Waals surface area contributed by atoms with E-state index in [2.05, 4.69) is 15.5 Å². The third-order valence-electron chi connectivity index (χ3n) is 6.83. The number of benzene rings is 2. The fraction of sp³-hybridized carbons (Fsp3) is 0.312. The second-order valence-corrected chi connectivity index (χ2v) is 14.2. The number of esters is 2. The SMILES string of the molecule is CSC1=C(C(=O)OC(c2ccccc2)c2ccccc2)N2C(=O)C(NC(=O)C(=NOCC(=O)OC(C)(C)C)c3csc(N)n3)[C@@H]2SC1. The van der Waals surface area contributed by atoms with Gasteiger partial charge in [0.2, 0.25) is 6.61 Å². The molecule has 0 saturated carbocycles. The number of thiazole rings is 1. The van der Waals surface area contributed by atoms with Gasteiger partial charge in [0.15, 0.2) is 16.9 Å². The number of amides is 2. The molecule has 15 heteroatoms. The molecule has 2 atom stereocenters. The number of nitrogens with one attached hydrogen (secondary N) is 1. The van der Waals surface area contributed by atoms with Gasteiger partial charge in [-0.15, -0.1) is 34.9 Å². The number of anilines is 1. The Morgan fingerprint density at radius 3 is 2.30 bits per heavy atom. The van der Waals surface area contributed by atoms with Crippen molar-refractivity contribution >= 4 is 69.5 Å². The minimum absolute atomic E-state index is 0.107. The summed E-state index contributed by atoms with van der Waals surface area (Å²) in [6.07, 6.45) is 1.13. The van der Waals surface area contributed by atoms with Crippen LogP contribution in [0.15, 0.2) is 81.8 Å². The van der Waals surface area contributed by atoms with Crippen molar-refractivity contribution in [3.63, 3.8) is 0 Å². The van der Waals surface area contributed by atoms with E-state index in [0.717, 1.165) is 22.5 Å². The number of nitrogen functional groups attached to an aromatic ring is 1. The lowest BCUT2D eigenvalue weighted by Gasteiger charge is -2.49. The summed E-state index contributed by atoms with van der Waals surface area (Å²) in [5.41, 5.74) is 6.59. The Balaban J connectivity index is 1.33. The average Bonchev–Trinajstić information content (AvgIpc) is 3.48. The Bertz CT molecular complexity index is 1670. The fourth-order valence-electron chi connectivity index (χ4n) is 4.81. The van der Waals surface area contributed by atoms with Gasteiger partial charge in [-0.3, -0.25) is 14.5 Å². The first-order valence-corrected chi connectivity index (χ1v) is 17.6. The second kappa shape index (κ2) is 14.6. The van der Waals surface area contributed by atoms with Crippen molar-refractivity contribution in [2.75, 3.05) is 24.3 Å². The Hall–Kier alpha value is -4.34. The molecule has 5 rings (SSSR count). The van der Waals surface area contributed by atoms with Crippen molar-refractivity contribution in [2.24, 2.45) is 5.16 Å². The van der Waals surface area contributed by atoms with E-state index >= 15 is 0 Å². The number of fused-ring (bicyclic) bond motifs is 1. The molecular weight excluding hydrogens is 663 g/mol. The highest BCUT2D eigenvalue weighted by Gasteiger charge is 2.55. The summed E-state index contributed by atoms with van der Waals surface area (Å²) in [6.45, 7) is 4.57.